The second-order valence-electron chi connectivity index (χ2n) is 5.82. The number of benzene rings is 2. The van der Waals surface area contributed by atoms with Crippen molar-refractivity contribution in [3.63, 3.8) is 0 Å². The van der Waals surface area contributed by atoms with Gasteiger partial charge >= 0.3 is 0 Å². The van der Waals surface area contributed by atoms with E-state index in [0.29, 0.717) is 16.8 Å². The maximum atomic E-state index is 12.3. The van der Waals surface area contributed by atoms with Gasteiger partial charge in [-0.25, -0.2) is 13.5 Å². The van der Waals surface area contributed by atoms with E-state index in [4.69, 9.17) is 5.73 Å². The molecule has 0 spiro atoms. The fourth-order valence-electron chi connectivity index (χ4n) is 3.02. The monoisotopic (exact) mass is 366 g/mol. The van der Waals surface area contributed by atoms with Gasteiger partial charge in [0.15, 0.2) is 15.7 Å². The third kappa shape index (κ3) is 2.58. The number of nitrogens with zero attached hydrogens (tertiary/aromatic N) is 4. The van der Waals surface area contributed by atoms with Crippen LogP contribution in [0.25, 0.3) is 33.3 Å². The summed E-state index contributed by atoms with van der Waals surface area (Å²) in [6, 6.07) is 10.5. The summed E-state index contributed by atoms with van der Waals surface area (Å²) in [6.45, 7) is 0. The van der Waals surface area contributed by atoms with E-state index in [1.807, 2.05) is 18.2 Å². The van der Waals surface area contributed by atoms with Gasteiger partial charge in [-0.05, 0) is 45.1 Å². The average molecular weight is 366 g/mol. The lowest BCUT2D eigenvalue weighted by atomic mass is 9.94. The van der Waals surface area contributed by atoms with Crippen molar-refractivity contribution in [1.82, 2.24) is 25.6 Å². The summed E-state index contributed by atoms with van der Waals surface area (Å²) in [5.41, 5.74) is 8.57. The highest BCUT2D eigenvalue weighted by Crippen LogP contribution is 2.39. The summed E-state index contributed by atoms with van der Waals surface area (Å²) < 4.78 is 24.7. The van der Waals surface area contributed by atoms with E-state index in [-0.39, 0.29) is 10.7 Å². The van der Waals surface area contributed by atoms with Gasteiger partial charge in [-0.2, -0.15) is 0 Å². The summed E-state index contributed by atoms with van der Waals surface area (Å²) in [4.78, 5) is 4.27. The zero-order valence-electron chi connectivity index (χ0n) is 13.7. The SMILES string of the molecule is CS(=O)(=O)c1cccc(-c2ccc(N)c3cnccc23)c1-c1nnn[nH]1. The van der Waals surface area contributed by atoms with Gasteiger partial charge in [0.1, 0.15) is 0 Å². The van der Waals surface area contributed by atoms with E-state index in [1.165, 1.54) is 6.07 Å². The van der Waals surface area contributed by atoms with Crippen molar-refractivity contribution in [3.8, 4) is 22.5 Å². The largest absolute Gasteiger partial charge is 0.398 e. The minimum absolute atomic E-state index is 0.146. The Kier molecular flexibility index (Phi) is 3.66. The number of pyridine rings is 1. The Morgan fingerprint density at radius 1 is 1.04 bits per heavy atom. The topological polar surface area (TPSA) is 128 Å². The molecule has 0 fully saturated rings. The molecule has 0 bridgehead atoms. The number of fused-ring (bicyclic) bond motifs is 1. The highest BCUT2D eigenvalue weighted by molar-refractivity contribution is 7.90. The van der Waals surface area contributed by atoms with Crippen LogP contribution in [-0.4, -0.2) is 40.3 Å². The molecule has 0 saturated heterocycles. The molecular formula is C17H14N6O2S. The third-order valence-electron chi connectivity index (χ3n) is 4.15. The Labute approximate surface area is 149 Å². The molecule has 0 radical (unpaired) electrons. The molecule has 0 unspecified atom stereocenters. The van der Waals surface area contributed by atoms with Crippen LogP contribution in [0.3, 0.4) is 0 Å². The molecule has 9 heteroatoms. The van der Waals surface area contributed by atoms with E-state index < -0.39 is 9.84 Å². The van der Waals surface area contributed by atoms with Crippen LogP contribution in [0.2, 0.25) is 0 Å². The van der Waals surface area contributed by atoms with Crippen molar-refractivity contribution in [1.29, 1.82) is 0 Å². The number of aromatic amines is 1. The van der Waals surface area contributed by atoms with Crippen LogP contribution in [0.1, 0.15) is 0 Å². The van der Waals surface area contributed by atoms with Crippen LogP contribution in [0.4, 0.5) is 5.69 Å². The van der Waals surface area contributed by atoms with Gasteiger partial charge in [-0.3, -0.25) is 4.98 Å². The number of nitrogens with two attached hydrogens (primary N) is 1. The van der Waals surface area contributed by atoms with E-state index in [1.54, 1.807) is 24.5 Å². The predicted molar refractivity (Wildman–Crippen MR) is 97.9 cm³/mol. The molecule has 0 aliphatic heterocycles. The second-order valence-corrected chi connectivity index (χ2v) is 7.81. The standard InChI is InChI=1S/C17H14N6O2S/c1-26(24,25)15-4-2-3-12(16(15)17-20-22-23-21-17)10-5-6-14(18)13-9-19-8-7-11(10)13/h2-9H,18H2,1H3,(H,20,21,22,23). The summed E-state index contributed by atoms with van der Waals surface area (Å²) in [5.74, 6) is 0.278. The van der Waals surface area contributed by atoms with Crippen LogP contribution < -0.4 is 5.73 Å². The molecule has 4 aromatic rings. The molecule has 4 rings (SSSR count). The molecule has 8 nitrogen and oxygen atoms in total. The molecule has 2 aromatic carbocycles. The molecule has 0 aliphatic carbocycles. The minimum Gasteiger partial charge on any atom is -0.398 e. The van der Waals surface area contributed by atoms with Crippen molar-refractivity contribution in [2.75, 3.05) is 12.0 Å². The van der Waals surface area contributed by atoms with Crippen LogP contribution >= 0.6 is 0 Å². The molecule has 3 N–H and O–H groups in total. The van der Waals surface area contributed by atoms with Crippen LogP contribution in [0.15, 0.2) is 53.7 Å². The average Bonchev–Trinajstić information content (AvgIpc) is 3.15. The lowest BCUT2D eigenvalue weighted by Crippen LogP contribution is -2.03. The maximum Gasteiger partial charge on any atom is 0.181 e. The number of tetrazole rings is 1. The van der Waals surface area contributed by atoms with Crippen LogP contribution in [0.5, 0.6) is 0 Å². The first-order valence-electron chi connectivity index (χ1n) is 7.66. The number of nitrogens with one attached hydrogen (secondary N) is 1. The molecule has 2 heterocycles. The van der Waals surface area contributed by atoms with Gasteiger partial charge in [-0.15, -0.1) is 5.10 Å². The first-order chi connectivity index (χ1) is 12.5. The molecule has 0 amide bonds. The number of hydrogen-bond donors (Lipinski definition) is 2. The van der Waals surface area contributed by atoms with E-state index in [9.17, 15) is 8.42 Å². The Morgan fingerprint density at radius 2 is 1.88 bits per heavy atom. The molecule has 26 heavy (non-hydrogen) atoms. The van der Waals surface area contributed by atoms with E-state index in [2.05, 4.69) is 25.6 Å². The van der Waals surface area contributed by atoms with Gasteiger partial charge in [0.25, 0.3) is 0 Å². The number of H-pyrrole nitrogens is 1. The normalized spacial score (nSPS) is 11.7. The minimum atomic E-state index is -3.50. The number of hydrogen-bond acceptors (Lipinski definition) is 7. The highest BCUT2D eigenvalue weighted by Gasteiger charge is 2.22. The molecule has 0 saturated carbocycles. The molecular weight excluding hydrogens is 352 g/mol. The maximum absolute atomic E-state index is 12.3. The van der Waals surface area contributed by atoms with Gasteiger partial charge in [-0.1, -0.05) is 18.2 Å². The summed E-state index contributed by atoms with van der Waals surface area (Å²) in [5, 5.41) is 15.4. The first-order valence-corrected chi connectivity index (χ1v) is 9.55. The number of rotatable bonds is 3. The third-order valence-corrected chi connectivity index (χ3v) is 5.29. The smallest absolute Gasteiger partial charge is 0.181 e. The van der Waals surface area contributed by atoms with Crippen molar-refractivity contribution in [2.45, 2.75) is 4.90 Å². The highest BCUT2D eigenvalue weighted by atomic mass is 32.2. The quantitative estimate of drug-likeness (QED) is 0.531. The fraction of sp³-hybridized carbons (Fsp3) is 0.0588. The number of sulfone groups is 1. The zero-order valence-corrected chi connectivity index (χ0v) is 14.5. The Hall–Kier alpha value is -3.33. The van der Waals surface area contributed by atoms with Gasteiger partial charge in [0.2, 0.25) is 0 Å². The Morgan fingerprint density at radius 3 is 2.62 bits per heavy atom. The number of nitrogen functional groups attached to an aromatic ring is 1. The van der Waals surface area contributed by atoms with Crippen molar-refractivity contribution < 1.29 is 8.42 Å². The molecule has 0 atom stereocenters. The molecule has 2 aromatic heterocycles. The fourth-order valence-corrected chi connectivity index (χ4v) is 3.92. The van der Waals surface area contributed by atoms with E-state index >= 15 is 0 Å². The van der Waals surface area contributed by atoms with Crippen LogP contribution in [0, 0.1) is 0 Å². The van der Waals surface area contributed by atoms with Crippen molar-refractivity contribution in [3.05, 3.63) is 48.8 Å². The Balaban J connectivity index is 2.13. The van der Waals surface area contributed by atoms with Crippen molar-refractivity contribution in [2.24, 2.45) is 0 Å². The molecule has 130 valence electrons. The zero-order chi connectivity index (χ0) is 18.3. The number of aromatic nitrogens is 5. The lowest BCUT2D eigenvalue weighted by Gasteiger charge is -2.14. The lowest BCUT2D eigenvalue weighted by molar-refractivity contribution is 0.602. The second kappa shape index (κ2) is 5.88. The van der Waals surface area contributed by atoms with Crippen LogP contribution in [-0.2, 0) is 9.84 Å². The Bertz CT molecular complexity index is 1220. The van der Waals surface area contributed by atoms with E-state index in [0.717, 1.165) is 22.6 Å². The van der Waals surface area contributed by atoms with Crippen molar-refractivity contribution >= 4 is 26.3 Å². The van der Waals surface area contributed by atoms with Gasteiger partial charge in [0, 0.05) is 35.3 Å². The first kappa shape index (κ1) is 16.2. The number of anilines is 1. The van der Waals surface area contributed by atoms with Gasteiger partial charge in [0.05, 0.1) is 4.90 Å². The predicted octanol–water partition coefficient (Wildman–Crippen LogP) is 2.07. The van der Waals surface area contributed by atoms with Gasteiger partial charge < -0.3 is 5.73 Å². The summed E-state index contributed by atoms with van der Waals surface area (Å²) in [7, 11) is -3.50. The summed E-state index contributed by atoms with van der Waals surface area (Å²) in [6.07, 6.45) is 4.51. The summed E-state index contributed by atoms with van der Waals surface area (Å²) >= 11 is 0. The molecule has 0 aliphatic rings.